The normalized spacial score (nSPS) is 14.6. The van der Waals surface area contributed by atoms with Crippen LogP contribution in [0.25, 0.3) is 0 Å². The van der Waals surface area contributed by atoms with Gasteiger partial charge in [-0.25, -0.2) is 0 Å². The Balaban J connectivity index is 1.65. The number of primary amides is 1. The van der Waals surface area contributed by atoms with E-state index in [1.807, 2.05) is 12.1 Å². The van der Waals surface area contributed by atoms with Crippen LogP contribution in [0.15, 0.2) is 36.4 Å². The molecule has 0 spiro atoms. The van der Waals surface area contributed by atoms with Crippen molar-refractivity contribution >= 4 is 17.5 Å². The number of hydrogen-bond acceptors (Lipinski definition) is 4. The van der Waals surface area contributed by atoms with Crippen molar-refractivity contribution < 1.29 is 14.3 Å². The molecule has 2 aromatic rings. The number of methoxy groups -OCH3 is 1. The number of nitrogens with one attached hydrogen (secondary N) is 1. The summed E-state index contributed by atoms with van der Waals surface area (Å²) in [5.74, 6) is 0.255. The molecule has 27 heavy (non-hydrogen) atoms. The zero-order valence-corrected chi connectivity index (χ0v) is 16.4. The smallest absolute Gasteiger partial charge is 0.255 e. The SMILES string of the molecule is COc1cc(CNCC2(c3ccccc3C)CC2)cc(Cl)c1OCC(N)=O. The minimum Gasteiger partial charge on any atom is -0.493 e. The first-order valence-electron chi connectivity index (χ1n) is 8.99. The minimum atomic E-state index is -0.565. The topological polar surface area (TPSA) is 73.6 Å². The molecule has 0 bridgehead atoms. The number of amides is 1. The molecule has 1 saturated carbocycles. The van der Waals surface area contributed by atoms with E-state index in [0.29, 0.717) is 23.1 Å². The number of carbonyl (C=O) groups is 1. The maximum Gasteiger partial charge on any atom is 0.255 e. The van der Waals surface area contributed by atoms with E-state index in [4.69, 9.17) is 26.8 Å². The lowest BCUT2D eigenvalue weighted by Gasteiger charge is -2.19. The summed E-state index contributed by atoms with van der Waals surface area (Å²) >= 11 is 6.31. The van der Waals surface area contributed by atoms with Crippen LogP contribution in [-0.4, -0.2) is 26.2 Å². The van der Waals surface area contributed by atoms with Crippen LogP contribution in [0.2, 0.25) is 5.02 Å². The van der Waals surface area contributed by atoms with Gasteiger partial charge in [-0.3, -0.25) is 4.79 Å². The standard InChI is InChI=1S/C21H25ClN2O3/c1-14-5-3-4-6-16(14)21(7-8-21)13-24-11-15-9-17(22)20(18(10-15)26-2)27-12-19(23)25/h3-6,9-10,24H,7-8,11-13H2,1-2H3,(H2,23,25). The zero-order valence-electron chi connectivity index (χ0n) is 15.7. The molecule has 6 heteroatoms. The van der Waals surface area contributed by atoms with Crippen molar-refractivity contribution in [2.75, 3.05) is 20.3 Å². The molecular formula is C21H25ClN2O3. The van der Waals surface area contributed by atoms with Crippen molar-refractivity contribution in [2.24, 2.45) is 5.73 Å². The average Bonchev–Trinajstić information content (AvgIpc) is 3.41. The average molecular weight is 389 g/mol. The summed E-state index contributed by atoms with van der Waals surface area (Å²) in [4.78, 5) is 10.9. The van der Waals surface area contributed by atoms with Gasteiger partial charge in [0.25, 0.3) is 5.91 Å². The highest BCUT2D eigenvalue weighted by atomic mass is 35.5. The van der Waals surface area contributed by atoms with Crippen LogP contribution < -0.4 is 20.5 Å². The minimum absolute atomic E-state index is 0.240. The number of halogens is 1. The van der Waals surface area contributed by atoms with Gasteiger partial charge in [0.05, 0.1) is 12.1 Å². The maximum absolute atomic E-state index is 10.9. The van der Waals surface area contributed by atoms with Gasteiger partial charge < -0.3 is 20.5 Å². The first kappa shape index (κ1) is 19.5. The van der Waals surface area contributed by atoms with Gasteiger partial charge in [-0.05, 0) is 48.6 Å². The summed E-state index contributed by atoms with van der Waals surface area (Å²) in [6.45, 7) is 3.51. The molecule has 1 aliphatic rings. The zero-order chi connectivity index (χ0) is 19.4. The van der Waals surface area contributed by atoms with E-state index < -0.39 is 5.91 Å². The number of rotatable bonds is 9. The van der Waals surface area contributed by atoms with Crippen LogP contribution in [0.1, 0.15) is 29.5 Å². The lowest BCUT2D eigenvalue weighted by atomic mass is 9.92. The fourth-order valence-electron chi connectivity index (χ4n) is 3.46. The molecule has 5 nitrogen and oxygen atoms in total. The Kier molecular flexibility index (Phi) is 5.92. The van der Waals surface area contributed by atoms with E-state index in [1.165, 1.54) is 31.1 Å². The van der Waals surface area contributed by atoms with Crippen molar-refractivity contribution in [3.63, 3.8) is 0 Å². The van der Waals surface area contributed by atoms with Crippen molar-refractivity contribution in [3.8, 4) is 11.5 Å². The number of benzene rings is 2. The van der Waals surface area contributed by atoms with E-state index in [0.717, 1.165) is 12.1 Å². The Morgan fingerprint density at radius 1 is 1.30 bits per heavy atom. The molecule has 0 saturated heterocycles. The lowest BCUT2D eigenvalue weighted by molar-refractivity contribution is -0.119. The van der Waals surface area contributed by atoms with Crippen LogP contribution in [-0.2, 0) is 16.8 Å². The van der Waals surface area contributed by atoms with Crippen molar-refractivity contribution in [3.05, 3.63) is 58.1 Å². The summed E-state index contributed by atoms with van der Waals surface area (Å²) in [6.07, 6.45) is 2.41. The van der Waals surface area contributed by atoms with Crippen molar-refractivity contribution in [1.29, 1.82) is 0 Å². The Bertz CT molecular complexity index is 834. The Labute approximate surface area is 164 Å². The number of carbonyl (C=O) groups excluding carboxylic acids is 1. The highest BCUT2D eigenvalue weighted by Gasteiger charge is 2.44. The summed E-state index contributed by atoms with van der Waals surface area (Å²) in [5, 5.41) is 3.95. The van der Waals surface area contributed by atoms with Crippen LogP contribution >= 0.6 is 11.6 Å². The molecule has 3 N–H and O–H groups in total. The van der Waals surface area contributed by atoms with Crippen LogP contribution in [0.4, 0.5) is 0 Å². The molecule has 144 valence electrons. The van der Waals surface area contributed by atoms with Crippen LogP contribution in [0.3, 0.4) is 0 Å². The molecule has 0 radical (unpaired) electrons. The van der Waals surface area contributed by atoms with E-state index in [-0.39, 0.29) is 12.0 Å². The Morgan fingerprint density at radius 3 is 2.67 bits per heavy atom. The third-order valence-electron chi connectivity index (χ3n) is 5.01. The number of aryl methyl sites for hydroxylation is 1. The number of hydrogen-bond donors (Lipinski definition) is 2. The fraction of sp³-hybridized carbons (Fsp3) is 0.381. The largest absolute Gasteiger partial charge is 0.493 e. The number of ether oxygens (including phenoxy) is 2. The molecule has 0 aliphatic heterocycles. The van der Waals surface area contributed by atoms with Crippen LogP contribution in [0.5, 0.6) is 11.5 Å². The third kappa shape index (κ3) is 4.54. The second-order valence-electron chi connectivity index (χ2n) is 7.06. The van der Waals surface area contributed by atoms with Crippen molar-refractivity contribution in [1.82, 2.24) is 5.32 Å². The van der Waals surface area contributed by atoms with Crippen LogP contribution in [0, 0.1) is 6.92 Å². The maximum atomic E-state index is 10.9. The molecule has 3 rings (SSSR count). The molecular weight excluding hydrogens is 364 g/mol. The second-order valence-corrected chi connectivity index (χ2v) is 7.47. The summed E-state index contributed by atoms with van der Waals surface area (Å²) in [6, 6.07) is 12.3. The van der Waals surface area contributed by atoms with Gasteiger partial charge in [-0.15, -0.1) is 0 Å². The molecule has 0 aromatic heterocycles. The van der Waals surface area contributed by atoms with Gasteiger partial charge >= 0.3 is 0 Å². The van der Waals surface area contributed by atoms with E-state index >= 15 is 0 Å². The van der Waals surface area contributed by atoms with Gasteiger partial charge in [0.15, 0.2) is 18.1 Å². The Morgan fingerprint density at radius 2 is 2.04 bits per heavy atom. The molecule has 0 atom stereocenters. The highest BCUT2D eigenvalue weighted by Crippen LogP contribution is 2.48. The predicted octanol–water partition coefficient (Wildman–Crippen LogP) is 3.34. The van der Waals surface area contributed by atoms with Gasteiger partial charge in [0, 0.05) is 18.5 Å². The van der Waals surface area contributed by atoms with Gasteiger partial charge in [0.1, 0.15) is 0 Å². The third-order valence-corrected chi connectivity index (χ3v) is 5.29. The molecule has 0 heterocycles. The highest BCUT2D eigenvalue weighted by molar-refractivity contribution is 6.32. The lowest BCUT2D eigenvalue weighted by Crippen LogP contribution is -2.27. The van der Waals surface area contributed by atoms with Gasteiger partial charge in [-0.1, -0.05) is 35.9 Å². The van der Waals surface area contributed by atoms with Gasteiger partial charge in [-0.2, -0.15) is 0 Å². The summed E-state index contributed by atoms with van der Waals surface area (Å²) in [5.41, 5.74) is 9.13. The molecule has 1 amide bonds. The molecule has 1 aliphatic carbocycles. The number of nitrogens with two attached hydrogens (primary N) is 1. The van der Waals surface area contributed by atoms with E-state index in [1.54, 1.807) is 0 Å². The van der Waals surface area contributed by atoms with Crippen molar-refractivity contribution in [2.45, 2.75) is 31.7 Å². The Hall–Kier alpha value is -2.24. The second kappa shape index (κ2) is 8.19. The summed E-state index contributed by atoms with van der Waals surface area (Å²) < 4.78 is 10.7. The molecule has 1 fully saturated rings. The fourth-order valence-corrected chi connectivity index (χ4v) is 3.75. The molecule has 2 aromatic carbocycles. The summed E-state index contributed by atoms with van der Waals surface area (Å²) in [7, 11) is 1.54. The first-order valence-corrected chi connectivity index (χ1v) is 9.37. The quantitative estimate of drug-likeness (QED) is 0.691. The van der Waals surface area contributed by atoms with Gasteiger partial charge in [0.2, 0.25) is 0 Å². The predicted molar refractivity (Wildman–Crippen MR) is 106 cm³/mol. The van der Waals surface area contributed by atoms with E-state index in [2.05, 4.69) is 36.5 Å². The molecule has 0 unspecified atom stereocenters. The first-order chi connectivity index (χ1) is 12.9. The monoisotopic (exact) mass is 388 g/mol. The van der Waals surface area contributed by atoms with E-state index in [9.17, 15) is 4.79 Å².